The average Bonchev–Trinajstić information content (AvgIpc) is 3.34. The van der Waals surface area contributed by atoms with E-state index in [0.717, 1.165) is 20.0 Å². The Morgan fingerprint density at radius 2 is 2.14 bits per heavy atom. The molecule has 2 aromatic heterocycles. The van der Waals surface area contributed by atoms with Crippen LogP contribution >= 0.6 is 11.3 Å². The van der Waals surface area contributed by atoms with Crippen LogP contribution in [-0.4, -0.2) is 36.4 Å². The highest BCUT2D eigenvalue weighted by atomic mass is 32.2. The Kier molecular flexibility index (Phi) is 6.42. The molecule has 0 spiro atoms. The van der Waals surface area contributed by atoms with E-state index in [1.165, 1.54) is 35.3 Å². The molecular formula is C18H20FN5O3S2. The summed E-state index contributed by atoms with van der Waals surface area (Å²) in [5.41, 5.74) is 6.09. The molecule has 8 nitrogen and oxygen atoms in total. The number of halogens is 1. The Morgan fingerprint density at radius 1 is 1.34 bits per heavy atom. The van der Waals surface area contributed by atoms with Crippen LogP contribution in [-0.2, 0) is 23.1 Å². The SMILES string of the molecule is CNS(=O)(=O)c1cccc(-c2ccc(Cn3cnn(C/C(=C/F)CN)c3=O)s2)c1. The van der Waals surface area contributed by atoms with Gasteiger partial charge in [0.2, 0.25) is 10.0 Å². The third-order valence-corrected chi connectivity index (χ3v) is 6.78. The molecule has 154 valence electrons. The van der Waals surface area contributed by atoms with Crippen molar-refractivity contribution < 1.29 is 12.8 Å². The second-order valence-corrected chi connectivity index (χ2v) is 9.23. The number of benzene rings is 1. The summed E-state index contributed by atoms with van der Waals surface area (Å²) < 4.78 is 41.6. The molecule has 29 heavy (non-hydrogen) atoms. The molecule has 0 amide bonds. The van der Waals surface area contributed by atoms with E-state index in [1.807, 2.05) is 18.2 Å². The molecule has 0 fully saturated rings. The van der Waals surface area contributed by atoms with Gasteiger partial charge in [-0.2, -0.15) is 5.10 Å². The quantitative estimate of drug-likeness (QED) is 0.555. The maximum absolute atomic E-state index is 12.7. The first-order chi connectivity index (χ1) is 13.9. The molecule has 3 aromatic rings. The second kappa shape index (κ2) is 8.82. The van der Waals surface area contributed by atoms with Crippen LogP contribution in [0.5, 0.6) is 0 Å². The van der Waals surface area contributed by atoms with Gasteiger partial charge in [-0.15, -0.1) is 11.3 Å². The van der Waals surface area contributed by atoms with Gasteiger partial charge in [0.05, 0.1) is 24.3 Å². The van der Waals surface area contributed by atoms with Gasteiger partial charge in [0.25, 0.3) is 0 Å². The predicted octanol–water partition coefficient (Wildman–Crippen LogP) is 1.54. The summed E-state index contributed by atoms with van der Waals surface area (Å²) in [5, 5.41) is 4.00. The molecule has 0 atom stereocenters. The van der Waals surface area contributed by atoms with Gasteiger partial charge < -0.3 is 5.73 Å². The summed E-state index contributed by atoms with van der Waals surface area (Å²) in [4.78, 5) is 14.4. The van der Waals surface area contributed by atoms with Crippen LogP contribution in [0.2, 0.25) is 0 Å². The summed E-state index contributed by atoms with van der Waals surface area (Å²) in [6, 6.07) is 10.4. The highest BCUT2D eigenvalue weighted by molar-refractivity contribution is 7.89. The van der Waals surface area contributed by atoms with E-state index in [4.69, 9.17) is 5.73 Å². The molecule has 0 bridgehead atoms. The van der Waals surface area contributed by atoms with Crippen LogP contribution in [0.4, 0.5) is 4.39 Å². The largest absolute Gasteiger partial charge is 0.346 e. The minimum Gasteiger partial charge on any atom is -0.327 e. The van der Waals surface area contributed by atoms with Crippen LogP contribution < -0.4 is 16.1 Å². The van der Waals surface area contributed by atoms with Gasteiger partial charge in [-0.25, -0.2) is 27.0 Å². The lowest BCUT2D eigenvalue weighted by atomic mass is 10.2. The van der Waals surface area contributed by atoms with Crippen LogP contribution in [0.3, 0.4) is 0 Å². The zero-order valence-electron chi connectivity index (χ0n) is 15.6. The van der Waals surface area contributed by atoms with E-state index in [2.05, 4.69) is 9.82 Å². The molecule has 0 saturated carbocycles. The van der Waals surface area contributed by atoms with Crippen molar-refractivity contribution in [1.82, 2.24) is 19.1 Å². The van der Waals surface area contributed by atoms with Crippen molar-refractivity contribution in [2.45, 2.75) is 18.0 Å². The Morgan fingerprint density at radius 3 is 2.83 bits per heavy atom. The minimum atomic E-state index is -3.53. The van der Waals surface area contributed by atoms with E-state index in [9.17, 15) is 17.6 Å². The maximum Gasteiger partial charge on any atom is 0.346 e. The number of sulfonamides is 1. The number of aromatic nitrogens is 3. The summed E-state index contributed by atoms with van der Waals surface area (Å²) >= 11 is 1.45. The fraction of sp³-hybridized carbons (Fsp3) is 0.222. The molecule has 2 heterocycles. The zero-order chi connectivity index (χ0) is 21.0. The van der Waals surface area contributed by atoms with Gasteiger partial charge >= 0.3 is 5.69 Å². The molecule has 0 aliphatic rings. The highest BCUT2D eigenvalue weighted by Crippen LogP contribution is 2.29. The zero-order valence-corrected chi connectivity index (χ0v) is 17.2. The Balaban J connectivity index is 1.81. The van der Waals surface area contributed by atoms with Gasteiger partial charge in [0, 0.05) is 16.3 Å². The Hall–Kier alpha value is -2.60. The lowest BCUT2D eigenvalue weighted by Gasteiger charge is -2.04. The van der Waals surface area contributed by atoms with Gasteiger partial charge in [0.15, 0.2) is 0 Å². The van der Waals surface area contributed by atoms with E-state index in [-0.39, 0.29) is 29.2 Å². The van der Waals surface area contributed by atoms with Crippen molar-refractivity contribution in [3.63, 3.8) is 0 Å². The third-order valence-electron chi connectivity index (χ3n) is 4.25. The van der Waals surface area contributed by atoms with Gasteiger partial charge in [-0.3, -0.25) is 4.57 Å². The molecule has 0 aliphatic carbocycles. The van der Waals surface area contributed by atoms with Crippen LogP contribution in [0.25, 0.3) is 10.4 Å². The number of nitrogens with one attached hydrogen (secondary N) is 1. The van der Waals surface area contributed by atoms with E-state index in [1.54, 1.807) is 12.1 Å². The summed E-state index contributed by atoms with van der Waals surface area (Å²) in [5.74, 6) is 0. The lowest BCUT2D eigenvalue weighted by Crippen LogP contribution is -2.26. The molecule has 0 aliphatic heterocycles. The summed E-state index contributed by atoms with van der Waals surface area (Å²) in [6.45, 7) is 0.309. The number of hydrogen-bond acceptors (Lipinski definition) is 6. The smallest absolute Gasteiger partial charge is 0.327 e. The molecule has 11 heteroatoms. The lowest BCUT2D eigenvalue weighted by molar-refractivity contribution is 0.588. The number of rotatable bonds is 8. The predicted molar refractivity (Wildman–Crippen MR) is 110 cm³/mol. The normalized spacial score (nSPS) is 12.4. The molecule has 0 saturated heterocycles. The van der Waals surface area contributed by atoms with Crippen molar-refractivity contribution in [3.05, 3.63) is 70.0 Å². The van der Waals surface area contributed by atoms with Crippen molar-refractivity contribution in [2.75, 3.05) is 13.6 Å². The van der Waals surface area contributed by atoms with Crippen molar-refractivity contribution in [3.8, 4) is 10.4 Å². The first-order valence-corrected chi connectivity index (χ1v) is 10.9. The van der Waals surface area contributed by atoms with E-state index >= 15 is 0 Å². The highest BCUT2D eigenvalue weighted by Gasteiger charge is 2.13. The first-order valence-electron chi connectivity index (χ1n) is 8.61. The number of nitrogens with two attached hydrogens (primary N) is 1. The van der Waals surface area contributed by atoms with E-state index in [0.29, 0.717) is 12.9 Å². The van der Waals surface area contributed by atoms with Crippen LogP contribution in [0.15, 0.2) is 64.3 Å². The standard InChI is InChI=1S/C18H20FN5O3S2/c1-21-29(26,27)16-4-2-3-14(7-16)17-6-5-15(28-17)11-23-12-22-24(18(23)25)10-13(8-19)9-20/h2-8,12,21H,9-11,20H2,1H3/b13-8+. The summed E-state index contributed by atoms with van der Waals surface area (Å²) in [6.07, 6.45) is 1.79. The fourth-order valence-corrected chi connectivity index (χ4v) is 4.42. The van der Waals surface area contributed by atoms with Crippen molar-refractivity contribution in [2.24, 2.45) is 5.73 Å². The molecule has 0 radical (unpaired) electrons. The van der Waals surface area contributed by atoms with Gasteiger partial charge in [0.1, 0.15) is 6.33 Å². The van der Waals surface area contributed by atoms with Crippen LogP contribution in [0, 0.1) is 0 Å². The minimum absolute atomic E-state index is 0.00124. The average molecular weight is 438 g/mol. The molecular weight excluding hydrogens is 417 g/mol. The number of thiophene rings is 1. The van der Waals surface area contributed by atoms with E-state index < -0.39 is 10.0 Å². The first kappa shape index (κ1) is 21.1. The monoisotopic (exact) mass is 437 g/mol. The van der Waals surface area contributed by atoms with Crippen molar-refractivity contribution in [1.29, 1.82) is 0 Å². The Labute approximate surface area is 171 Å². The Bertz CT molecular complexity index is 1190. The maximum atomic E-state index is 12.7. The number of nitrogens with zero attached hydrogens (tertiary/aromatic N) is 3. The van der Waals surface area contributed by atoms with Crippen LogP contribution in [0.1, 0.15) is 4.88 Å². The third kappa shape index (κ3) is 4.70. The summed E-state index contributed by atoms with van der Waals surface area (Å²) in [7, 11) is -2.17. The molecule has 0 unspecified atom stereocenters. The fourth-order valence-electron chi connectivity index (χ4n) is 2.64. The molecule has 1 aromatic carbocycles. The number of hydrogen-bond donors (Lipinski definition) is 2. The molecule has 3 N–H and O–H groups in total. The molecule has 3 rings (SSSR count). The topological polar surface area (TPSA) is 112 Å². The van der Waals surface area contributed by atoms with Crippen molar-refractivity contribution >= 4 is 21.4 Å². The second-order valence-electron chi connectivity index (χ2n) is 6.17. The van der Waals surface area contributed by atoms with Gasteiger partial charge in [-0.05, 0) is 42.4 Å². The van der Waals surface area contributed by atoms with Gasteiger partial charge in [-0.1, -0.05) is 12.1 Å².